The third-order valence-electron chi connectivity index (χ3n) is 4.08. The normalized spacial score (nSPS) is 14.5. The van der Waals surface area contributed by atoms with Gasteiger partial charge in [-0.1, -0.05) is 55.1 Å². The van der Waals surface area contributed by atoms with E-state index < -0.39 is 5.97 Å². The highest BCUT2D eigenvalue weighted by Gasteiger charge is 2.16. The first-order valence-corrected chi connectivity index (χ1v) is 8.50. The number of aliphatic carboxylic acids is 1. The number of aliphatic imine (C=N–C) groups is 1. The smallest absolute Gasteiger partial charge is 0.336 e. The van der Waals surface area contributed by atoms with Gasteiger partial charge in [0.05, 0.1) is 5.57 Å². The number of hydrogen-bond donors (Lipinski definition) is 3. The van der Waals surface area contributed by atoms with E-state index in [1.807, 2.05) is 54.6 Å². The molecule has 0 unspecified atom stereocenters. The van der Waals surface area contributed by atoms with Crippen molar-refractivity contribution in [2.45, 2.75) is 6.42 Å². The summed E-state index contributed by atoms with van der Waals surface area (Å²) in [6, 6.07) is 17.1. The second-order valence-corrected chi connectivity index (χ2v) is 5.88. The maximum Gasteiger partial charge on any atom is 0.336 e. The molecule has 0 spiro atoms. The van der Waals surface area contributed by atoms with Crippen LogP contribution >= 0.6 is 0 Å². The van der Waals surface area contributed by atoms with E-state index in [0.29, 0.717) is 5.57 Å². The van der Waals surface area contributed by atoms with Crippen LogP contribution in [0.2, 0.25) is 0 Å². The molecule has 5 nitrogen and oxygen atoms in total. The van der Waals surface area contributed by atoms with Crippen LogP contribution in [-0.2, 0) is 4.79 Å². The van der Waals surface area contributed by atoms with Crippen molar-refractivity contribution < 1.29 is 9.90 Å². The Morgan fingerprint density at radius 3 is 2.58 bits per heavy atom. The number of carboxylic acid groups (broad SMARTS) is 1. The molecule has 0 fully saturated rings. The average Bonchev–Trinajstić information content (AvgIpc) is 2.67. The van der Waals surface area contributed by atoms with Gasteiger partial charge in [0.25, 0.3) is 0 Å². The van der Waals surface area contributed by atoms with Gasteiger partial charge in [0, 0.05) is 24.4 Å². The molecule has 0 aromatic heterocycles. The number of guanidine groups is 1. The molecule has 5 heteroatoms. The van der Waals surface area contributed by atoms with Gasteiger partial charge in [-0.15, -0.1) is 0 Å². The van der Waals surface area contributed by atoms with Gasteiger partial charge in [-0.05, 0) is 29.7 Å². The first-order valence-electron chi connectivity index (χ1n) is 8.50. The summed E-state index contributed by atoms with van der Waals surface area (Å²) >= 11 is 0. The predicted octanol–water partition coefficient (Wildman–Crippen LogP) is 3.52. The lowest BCUT2D eigenvalue weighted by molar-refractivity contribution is -0.132. The lowest BCUT2D eigenvalue weighted by atomic mass is 9.92. The Morgan fingerprint density at radius 1 is 1.15 bits per heavy atom. The molecule has 3 rings (SSSR count). The zero-order chi connectivity index (χ0) is 18.4. The summed E-state index contributed by atoms with van der Waals surface area (Å²) in [5.74, 6) is -0.267. The minimum absolute atomic E-state index is 0.168. The van der Waals surface area contributed by atoms with Crippen molar-refractivity contribution in [1.82, 2.24) is 5.32 Å². The van der Waals surface area contributed by atoms with Crippen molar-refractivity contribution in [3.8, 4) is 0 Å². The molecular weight excluding hydrogens is 326 g/mol. The van der Waals surface area contributed by atoms with Crippen LogP contribution in [0.5, 0.6) is 0 Å². The summed E-state index contributed by atoms with van der Waals surface area (Å²) in [4.78, 5) is 16.2. The second-order valence-electron chi connectivity index (χ2n) is 5.88. The van der Waals surface area contributed by atoms with Crippen molar-refractivity contribution in [2.24, 2.45) is 4.99 Å². The fraction of sp³-hybridized carbons (Fsp3) is 0.143. The molecule has 3 N–H and O–H groups in total. The maximum absolute atomic E-state index is 11.7. The van der Waals surface area contributed by atoms with Crippen LogP contribution in [0, 0.1) is 0 Å². The highest BCUT2D eigenvalue weighted by atomic mass is 16.4. The maximum atomic E-state index is 11.7. The van der Waals surface area contributed by atoms with Crippen molar-refractivity contribution in [1.29, 1.82) is 0 Å². The van der Waals surface area contributed by atoms with E-state index in [4.69, 9.17) is 0 Å². The summed E-state index contributed by atoms with van der Waals surface area (Å²) < 4.78 is 0. The molecule has 0 aliphatic carbocycles. The molecule has 1 aliphatic heterocycles. The highest BCUT2D eigenvalue weighted by molar-refractivity contribution is 6.04. The summed E-state index contributed by atoms with van der Waals surface area (Å²) in [7, 11) is 0. The van der Waals surface area contributed by atoms with Gasteiger partial charge in [-0.2, -0.15) is 0 Å². The monoisotopic (exact) mass is 347 g/mol. The standard InChI is InChI=1S/C21H21N3O2/c1-2-18(20(25)26)19(15-8-4-3-5-9-15)16-10-6-11-17(14-16)24-21-22-12-7-13-23-21/h2-6,8-11,14H,1,7,12-13H2,(H,25,26)(H2,22,23,24). The summed E-state index contributed by atoms with van der Waals surface area (Å²) in [6.07, 6.45) is 2.41. The third kappa shape index (κ3) is 4.00. The number of rotatable bonds is 5. The molecular formula is C21H21N3O2. The van der Waals surface area contributed by atoms with Crippen molar-refractivity contribution in [2.75, 3.05) is 18.4 Å². The van der Waals surface area contributed by atoms with E-state index in [0.717, 1.165) is 42.3 Å². The molecule has 26 heavy (non-hydrogen) atoms. The average molecular weight is 347 g/mol. The molecule has 2 aromatic carbocycles. The Morgan fingerprint density at radius 2 is 1.92 bits per heavy atom. The van der Waals surface area contributed by atoms with Gasteiger partial charge < -0.3 is 15.7 Å². The highest BCUT2D eigenvalue weighted by Crippen LogP contribution is 2.29. The molecule has 2 aromatic rings. The van der Waals surface area contributed by atoms with E-state index >= 15 is 0 Å². The van der Waals surface area contributed by atoms with Gasteiger partial charge >= 0.3 is 5.97 Å². The number of nitrogens with one attached hydrogen (secondary N) is 2. The van der Waals surface area contributed by atoms with Crippen LogP contribution in [0.3, 0.4) is 0 Å². The Hall–Kier alpha value is -3.34. The predicted molar refractivity (Wildman–Crippen MR) is 105 cm³/mol. The summed E-state index contributed by atoms with van der Waals surface area (Å²) in [6.45, 7) is 5.37. The quantitative estimate of drug-likeness (QED) is 0.571. The number of anilines is 1. The minimum atomic E-state index is -1.00. The molecule has 0 saturated carbocycles. The zero-order valence-corrected chi connectivity index (χ0v) is 14.4. The van der Waals surface area contributed by atoms with Gasteiger partial charge in [-0.3, -0.25) is 4.99 Å². The molecule has 0 radical (unpaired) electrons. The molecule has 0 atom stereocenters. The first-order chi connectivity index (χ1) is 12.7. The van der Waals surface area contributed by atoms with Crippen LogP contribution in [0.1, 0.15) is 17.5 Å². The van der Waals surface area contributed by atoms with Gasteiger partial charge in [0.1, 0.15) is 0 Å². The van der Waals surface area contributed by atoms with Gasteiger partial charge in [0.2, 0.25) is 0 Å². The largest absolute Gasteiger partial charge is 0.478 e. The number of nitrogens with zero attached hydrogens (tertiary/aromatic N) is 1. The van der Waals surface area contributed by atoms with Crippen molar-refractivity contribution in [3.05, 3.63) is 84.0 Å². The Labute approximate surface area is 152 Å². The van der Waals surface area contributed by atoms with Crippen LogP contribution in [0.15, 0.2) is 77.8 Å². The lowest BCUT2D eigenvalue weighted by Gasteiger charge is -2.17. The van der Waals surface area contributed by atoms with Gasteiger partial charge in [0.15, 0.2) is 5.96 Å². The van der Waals surface area contributed by atoms with Crippen LogP contribution < -0.4 is 10.6 Å². The van der Waals surface area contributed by atoms with E-state index in [-0.39, 0.29) is 5.57 Å². The number of carboxylic acids is 1. The fourth-order valence-corrected chi connectivity index (χ4v) is 2.88. The summed E-state index contributed by atoms with van der Waals surface area (Å²) in [5.41, 5.74) is 3.28. The molecule has 0 amide bonds. The third-order valence-corrected chi connectivity index (χ3v) is 4.08. The Bertz CT molecular complexity index is 870. The number of carbonyl (C=O) groups is 1. The Kier molecular flexibility index (Phi) is 5.49. The first kappa shape index (κ1) is 17.5. The lowest BCUT2D eigenvalue weighted by Crippen LogP contribution is -2.35. The summed E-state index contributed by atoms with van der Waals surface area (Å²) in [5, 5.41) is 16.1. The van der Waals surface area contributed by atoms with Crippen LogP contribution in [-0.4, -0.2) is 30.1 Å². The minimum Gasteiger partial charge on any atom is -0.478 e. The van der Waals surface area contributed by atoms with E-state index in [9.17, 15) is 9.90 Å². The van der Waals surface area contributed by atoms with E-state index in [2.05, 4.69) is 22.2 Å². The fourth-order valence-electron chi connectivity index (χ4n) is 2.88. The van der Waals surface area contributed by atoms with Crippen LogP contribution in [0.4, 0.5) is 5.69 Å². The SMILES string of the molecule is C=CC(C(=O)O)=C(c1ccccc1)c1cccc(NC2=NCCCN2)c1. The molecule has 1 heterocycles. The Balaban J connectivity index is 2.05. The van der Waals surface area contributed by atoms with Gasteiger partial charge in [-0.25, -0.2) is 4.79 Å². The van der Waals surface area contributed by atoms with Crippen molar-refractivity contribution >= 4 is 23.2 Å². The number of benzene rings is 2. The van der Waals surface area contributed by atoms with E-state index in [1.165, 1.54) is 6.08 Å². The topological polar surface area (TPSA) is 73.7 Å². The van der Waals surface area contributed by atoms with E-state index in [1.54, 1.807) is 0 Å². The van der Waals surface area contributed by atoms with Crippen LogP contribution in [0.25, 0.3) is 5.57 Å². The molecule has 1 aliphatic rings. The second kappa shape index (κ2) is 8.16. The number of hydrogen-bond acceptors (Lipinski definition) is 4. The molecule has 132 valence electrons. The molecule has 0 saturated heterocycles. The molecule has 0 bridgehead atoms. The van der Waals surface area contributed by atoms with Crippen molar-refractivity contribution in [3.63, 3.8) is 0 Å². The zero-order valence-electron chi connectivity index (χ0n) is 14.4.